The maximum atomic E-state index is 12.9. The summed E-state index contributed by atoms with van der Waals surface area (Å²) >= 11 is 0. The first-order valence-corrected chi connectivity index (χ1v) is 9.29. The number of hydrogen-bond acceptors (Lipinski definition) is 3. The molecule has 0 aromatic heterocycles. The molecule has 2 rings (SSSR count). The zero-order chi connectivity index (χ0) is 20.7. The van der Waals surface area contributed by atoms with Gasteiger partial charge in [0, 0.05) is 12.2 Å². The van der Waals surface area contributed by atoms with E-state index in [9.17, 15) is 14.0 Å². The van der Waals surface area contributed by atoms with Crippen molar-refractivity contribution in [2.24, 2.45) is 5.41 Å². The van der Waals surface area contributed by atoms with Crippen LogP contribution < -0.4 is 15.4 Å². The summed E-state index contributed by atoms with van der Waals surface area (Å²) in [7, 11) is 0. The van der Waals surface area contributed by atoms with Crippen LogP contribution in [0.1, 0.15) is 33.3 Å². The van der Waals surface area contributed by atoms with Gasteiger partial charge in [0.05, 0.1) is 6.10 Å². The van der Waals surface area contributed by atoms with Gasteiger partial charge in [0.2, 0.25) is 11.8 Å². The smallest absolute Gasteiger partial charge is 0.239 e. The van der Waals surface area contributed by atoms with Gasteiger partial charge in [-0.3, -0.25) is 9.59 Å². The van der Waals surface area contributed by atoms with E-state index in [1.54, 1.807) is 50.2 Å². The molecule has 2 aromatic carbocycles. The molecule has 0 unspecified atom stereocenters. The van der Waals surface area contributed by atoms with Crippen LogP contribution >= 0.6 is 0 Å². The molecule has 0 bridgehead atoms. The fourth-order valence-corrected chi connectivity index (χ4v) is 2.47. The molecule has 2 N–H and O–H groups in total. The van der Waals surface area contributed by atoms with Gasteiger partial charge in [0.1, 0.15) is 17.0 Å². The third kappa shape index (κ3) is 6.08. The molecular weight excluding hydrogens is 359 g/mol. The Kier molecular flexibility index (Phi) is 7.15. The van der Waals surface area contributed by atoms with E-state index in [2.05, 4.69) is 10.6 Å². The van der Waals surface area contributed by atoms with E-state index in [0.717, 1.165) is 5.56 Å². The largest absolute Gasteiger partial charge is 0.491 e. The summed E-state index contributed by atoms with van der Waals surface area (Å²) < 4.78 is 18.5. The number of ether oxygens (including phenoxy) is 1. The molecule has 0 heterocycles. The number of carbonyl (C=O) groups excluding carboxylic acids is 2. The Labute approximate surface area is 165 Å². The highest BCUT2D eigenvalue weighted by Gasteiger charge is 2.35. The van der Waals surface area contributed by atoms with E-state index in [4.69, 9.17) is 4.74 Å². The first kappa shape index (κ1) is 21.4. The summed E-state index contributed by atoms with van der Waals surface area (Å²) in [5.74, 6) is -0.351. The second-order valence-corrected chi connectivity index (χ2v) is 7.40. The molecule has 28 heavy (non-hydrogen) atoms. The average Bonchev–Trinajstić information content (AvgIpc) is 2.64. The van der Waals surface area contributed by atoms with E-state index in [1.165, 1.54) is 12.1 Å². The van der Waals surface area contributed by atoms with Gasteiger partial charge in [-0.15, -0.1) is 0 Å². The van der Waals surface area contributed by atoms with Crippen molar-refractivity contribution in [2.45, 2.75) is 40.2 Å². The van der Waals surface area contributed by atoms with Crippen molar-refractivity contribution in [2.75, 3.05) is 11.9 Å². The number of carbonyl (C=O) groups is 2. The number of halogens is 1. The lowest BCUT2D eigenvalue weighted by Crippen LogP contribution is -2.45. The quantitative estimate of drug-likeness (QED) is 0.676. The van der Waals surface area contributed by atoms with Crippen molar-refractivity contribution < 1.29 is 18.7 Å². The van der Waals surface area contributed by atoms with Gasteiger partial charge in [-0.25, -0.2) is 4.39 Å². The van der Waals surface area contributed by atoms with Crippen LogP contribution in [0.4, 0.5) is 10.1 Å². The van der Waals surface area contributed by atoms with Gasteiger partial charge in [0.25, 0.3) is 0 Å². The third-order valence-corrected chi connectivity index (χ3v) is 4.23. The standard InChI is InChI=1S/C22H27FN2O3/c1-15(2)28-19-11-9-18(10-12-19)25-21(27)22(3,4)20(26)24-14-13-16-5-7-17(23)8-6-16/h5-12,15H,13-14H2,1-4H3,(H,24,26)(H,25,27). The number of hydrogen-bond donors (Lipinski definition) is 2. The van der Waals surface area contributed by atoms with Crippen LogP contribution in [0.15, 0.2) is 48.5 Å². The van der Waals surface area contributed by atoms with Crippen molar-refractivity contribution in [1.82, 2.24) is 5.32 Å². The Morgan fingerprint density at radius 2 is 1.61 bits per heavy atom. The normalized spacial score (nSPS) is 11.2. The van der Waals surface area contributed by atoms with E-state index in [1.807, 2.05) is 13.8 Å². The number of nitrogens with one attached hydrogen (secondary N) is 2. The zero-order valence-corrected chi connectivity index (χ0v) is 16.7. The van der Waals surface area contributed by atoms with Gasteiger partial charge < -0.3 is 15.4 Å². The molecule has 150 valence electrons. The van der Waals surface area contributed by atoms with Crippen LogP contribution in [0.25, 0.3) is 0 Å². The van der Waals surface area contributed by atoms with E-state index >= 15 is 0 Å². The van der Waals surface area contributed by atoms with Crippen LogP contribution in [0, 0.1) is 11.2 Å². The van der Waals surface area contributed by atoms with Crippen LogP contribution in [0.5, 0.6) is 5.75 Å². The maximum Gasteiger partial charge on any atom is 0.239 e. The predicted molar refractivity (Wildman–Crippen MR) is 108 cm³/mol. The molecular formula is C22H27FN2O3. The molecule has 0 fully saturated rings. The van der Waals surface area contributed by atoms with E-state index < -0.39 is 11.3 Å². The van der Waals surface area contributed by atoms with E-state index in [0.29, 0.717) is 24.4 Å². The maximum absolute atomic E-state index is 12.9. The molecule has 0 aliphatic heterocycles. The molecule has 0 atom stereocenters. The van der Waals surface area contributed by atoms with Crippen molar-refractivity contribution in [3.63, 3.8) is 0 Å². The minimum atomic E-state index is -1.24. The lowest BCUT2D eigenvalue weighted by atomic mass is 9.91. The minimum absolute atomic E-state index is 0.0676. The highest BCUT2D eigenvalue weighted by molar-refractivity contribution is 6.09. The van der Waals surface area contributed by atoms with Crippen LogP contribution in [0.2, 0.25) is 0 Å². The van der Waals surface area contributed by atoms with Gasteiger partial charge >= 0.3 is 0 Å². The fourth-order valence-electron chi connectivity index (χ4n) is 2.47. The van der Waals surface area contributed by atoms with Crippen LogP contribution in [0.3, 0.4) is 0 Å². The number of amides is 2. The average molecular weight is 386 g/mol. The Morgan fingerprint density at radius 3 is 2.18 bits per heavy atom. The Hall–Kier alpha value is -2.89. The first-order valence-electron chi connectivity index (χ1n) is 9.29. The summed E-state index contributed by atoms with van der Waals surface area (Å²) in [6, 6.07) is 13.1. The van der Waals surface area contributed by atoms with Crippen molar-refractivity contribution in [1.29, 1.82) is 0 Å². The highest BCUT2D eigenvalue weighted by atomic mass is 19.1. The summed E-state index contributed by atoms with van der Waals surface area (Å²) in [6.07, 6.45) is 0.624. The predicted octanol–water partition coefficient (Wildman–Crippen LogP) is 3.94. The summed E-state index contributed by atoms with van der Waals surface area (Å²) in [5, 5.41) is 5.53. The molecule has 2 aromatic rings. The highest BCUT2D eigenvalue weighted by Crippen LogP contribution is 2.21. The lowest BCUT2D eigenvalue weighted by Gasteiger charge is -2.23. The molecule has 0 aliphatic rings. The fraction of sp³-hybridized carbons (Fsp3) is 0.364. The topological polar surface area (TPSA) is 67.4 Å². The zero-order valence-electron chi connectivity index (χ0n) is 16.7. The summed E-state index contributed by atoms with van der Waals surface area (Å²) in [5.41, 5.74) is 0.261. The second-order valence-electron chi connectivity index (χ2n) is 7.40. The Bertz CT molecular complexity index is 800. The van der Waals surface area contributed by atoms with Gasteiger partial charge in [-0.2, -0.15) is 0 Å². The molecule has 0 aliphatic carbocycles. The third-order valence-electron chi connectivity index (χ3n) is 4.23. The van der Waals surface area contributed by atoms with E-state index in [-0.39, 0.29) is 17.8 Å². The second kappa shape index (κ2) is 9.35. The molecule has 2 amide bonds. The minimum Gasteiger partial charge on any atom is -0.491 e. The Balaban J connectivity index is 1.87. The van der Waals surface area contributed by atoms with Gasteiger partial charge in [0.15, 0.2) is 0 Å². The monoisotopic (exact) mass is 386 g/mol. The SMILES string of the molecule is CC(C)Oc1ccc(NC(=O)C(C)(C)C(=O)NCCc2ccc(F)cc2)cc1. The van der Waals surface area contributed by atoms with Crippen molar-refractivity contribution in [3.8, 4) is 5.75 Å². The Morgan fingerprint density at radius 1 is 1.00 bits per heavy atom. The van der Waals surface area contributed by atoms with Crippen LogP contribution in [-0.2, 0) is 16.0 Å². The molecule has 6 heteroatoms. The van der Waals surface area contributed by atoms with Crippen molar-refractivity contribution in [3.05, 3.63) is 59.9 Å². The van der Waals surface area contributed by atoms with Gasteiger partial charge in [-0.05, 0) is 76.1 Å². The molecule has 0 saturated carbocycles. The molecule has 5 nitrogen and oxygen atoms in total. The summed E-state index contributed by atoms with van der Waals surface area (Å²) in [6.45, 7) is 7.39. The van der Waals surface area contributed by atoms with Gasteiger partial charge in [-0.1, -0.05) is 12.1 Å². The number of rotatable bonds is 8. The molecule has 0 saturated heterocycles. The van der Waals surface area contributed by atoms with Crippen molar-refractivity contribution >= 4 is 17.5 Å². The van der Waals surface area contributed by atoms with Crippen LogP contribution in [-0.4, -0.2) is 24.5 Å². The number of anilines is 1. The number of benzene rings is 2. The summed E-state index contributed by atoms with van der Waals surface area (Å²) in [4.78, 5) is 25.0. The molecule has 0 spiro atoms. The first-order chi connectivity index (χ1) is 13.2. The lowest BCUT2D eigenvalue weighted by molar-refractivity contribution is -0.138. The molecule has 0 radical (unpaired) electrons.